The van der Waals surface area contributed by atoms with Gasteiger partial charge in [0.2, 0.25) is 0 Å². The Labute approximate surface area is 158 Å². The lowest BCUT2D eigenvalue weighted by molar-refractivity contribution is 0.305. The van der Waals surface area contributed by atoms with E-state index in [2.05, 4.69) is 22.9 Å². The molecular weight excluding hydrogens is 388 g/mol. The second-order valence-corrected chi connectivity index (χ2v) is 7.09. The van der Waals surface area contributed by atoms with Crippen molar-refractivity contribution in [1.82, 2.24) is 0 Å². The van der Waals surface area contributed by atoms with Gasteiger partial charge in [-0.15, -0.1) is 0 Å². The van der Waals surface area contributed by atoms with E-state index in [-0.39, 0.29) is 0 Å². The monoisotopic (exact) mass is 412 g/mol. The van der Waals surface area contributed by atoms with E-state index in [4.69, 9.17) is 21.1 Å². The van der Waals surface area contributed by atoms with Crippen LogP contribution in [0.5, 0.6) is 11.5 Å². The molecule has 2 nitrogen and oxygen atoms in total. The van der Waals surface area contributed by atoms with Crippen molar-refractivity contribution in [3.05, 3.63) is 35.4 Å². The first-order valence-corrected chi connectivity index (χ1v) is 10.3. The summed E-state index contributed by atoms with van der Waals surface area (Å²) < 4.78 is 11.6. The Morgan fingerprint density at radius 2 is 1.71 bits per heavy atom. The topological polar surface area (TPSA) is 18.5 Å². The molecule has 0 aliphatic rings. The molecule has 2 rings (SSSR count). The van der Waals surface area contributed by atoms with Gasteiger partial charge < -0.3 is 9.47 Å². The fraction of sp³-hybridized carbons (Fsp3) is 0.500. The van der Waals surface area contributed by atoms with E-state index in [1.54, 1.807) is 0 Å². The van der Waals surface area contributed by atoms with Gasteiger partial charge in [0.05, 0.1) is 18.2 Å². The highest BCUT2D eigenvalue weighted by molar-refractivity contribution is 9.09. The summed E-state index contributed by atoms with van der Waals surface area (Å²) in [6.07, 6.45) is 6.92. The number of alkyl halides is 1. The lowest BCUT2D eigenvalue weighted by atomic mass is 10.1. The van der Waals surface area contributed by atoms with Gasteiger partial charge in [0.25, 0.3) is 0 Å². The normalized spacial score (nSPS) is 11.0. The SMILES string of the molecule is CCCCOc1ccc2c(Cl)c(OCCCCCCBr)ccc2c1. The molecule has 2 aromatic rings. The molecule has 0 amide bonds. The average Bonchev–Trinajstić information content (AvgIpc) is 2.60. The largest absolute Gasteiger partial charge is 0.494 e. The number of fused-ring (bicyclic) bond motifs is 1. The number of hydrogen-bond donors (Lipinski definition) is 0. The van der Waals surface area contributed by atoms with Gasteiger partial charge in [-0.3, -0.25) is 0 Å². The van der Waals surface area contributed by atoms with E-state index in [1.807, 2.05) is 30.3 Å². The maximum absolute atomic E-state index is 6.51. The Kier molecular flexibility index (Phi) is 8.76. The second kappa shape index (κ2) is 10.8. The molecule has 0 heterocycles. The first-order valence-electron chi connectivity index (χ1n) is 8.80. The van der Waals surface area contributed by atoms with Crippen LogP contribution in [0, 0.1) is 0 Å². The predicted octanol–water partition coefficient (Wildman–Crippen LogP) is 7.01. The molecule has 0 saturated carbocycles. The van der Waals surface area contributed by atoms with Crippen LogP contribution in [0.3, 0.4) is 0 Å². The molecule has 0 aliphatic heterocycles. The fourth-order valence-corrected chi connectivity index (χ4v) is 3.20. The number of hydrogen-bond acceptors (Lipinski definition) is 2. The highest BCUT2D eigenvalue weighted by Crippen LogP contribution is 2.34. The van der Waals surface area contributed by atoms with Gasteiger partial charge in [-0.2, -0.15) is 0 Å². The molecule has 0 unspecified atom stereocenters. The zero-order valence-corrected chi connectivity index (χ0v) is 16.7. The smallest absolute Gasteiger partial charge is 0.138 e. The van der Waals surface area contributed by atoms with Crippen LogP contribution >= 0.6 is 27.5 Å². The zero-order chi connectivity index (χ0) is 17.2. The van der Waals surface area contributed by atoms with Gasteiger partial charge in [-0.05, 0) is 48.9 Å². The summed E-state index contributed by atoms with van der Waals surface area (Å²) in [5.41, 5.74) is 0. The van der Waals surface area contributed by atoms with Crippen molar-refractivity contribution < 1.29 is 9.47 Å². The molecule has 0 saturated heterocycles. The number of halogens is 2. The van der Waals surface area contributed by atoms with Crippen LogP contribution in [-0.2, 0) is 0 Å². The maximum Gasteiger partial charge on any atom is 0.138 e. The lowest BCUT2D eigenvalue weighted by Crippen LogP contribution is -1.98. The van der Waals surface area contributed by atoms with Crippen molar-refractivity contribution >= 4 is 38.3 Å². The molecule has 0 fully saturated rings. The molecule has 4 heteroatoms. The van der Waals surface area contributed by atoms with E-state index in [9.17, 15) is 0 Å². The van der Waals surface area contributed by atoms with Gasteiger partial charge in [0, 0.05) is 10.7 Å². The van der Waals surface area contributed by atoms with E-state index < -0.39 is 0 Å². The first kappa shape index (κ1) is 19.4. The molecule has 0 bridgehead atoms. The molecule has 0 N–H and O–H groups in total. The molecule has 2 aromatic carbocycles. The van der Waals surface area contributed by atoms with Crippen LogP contribution in [0.4, 0.5) is 0 Å². The van der Waals surface area contributed by atoms with Crippen molar-refractivity contribution in [3.8, 4) is 11.5 Å². The maximum atomic E-state index is 6.51. The van der Waals surface area contributed by atoms with Crippen molar-refractivity contribution in [2.24, 2.45) is 0 Å². The minimum absolute atomic E-state index is 0.688. The van der Waals surface area contributed by atoms with Gasteiger partial charge in [-0.25, -0.2) is 0 Å². The molecule has 0 aliphatic carbocycles. The van der Waals surface area contributed by atoms with E-state index in [1.165, 1.54) is 19.3 Å². The Morgan fingerprint density at radius 3 is 2.50 bits per heavy atom. The van der Waals surface area contributed by atoms with Gasteiger partial charge in [0.1, 0.15) is 11.5 Å². The van der Waals surface area contributed by atoms with E-state index in [0.29, 0.717) is 11.6 Å². The summed E-state index contributed by atoms with van der Waals surface area (Å²) >= 11 is 9.96. The molecule has 0 aromatic heterocycles. The Hall–Kier alpha value is -0.930. The van der Waals surface area contributed by atoms with Crippen LogP contribution in [0.25, 0.3) is 10.8 Å². The quantitative estimate of drug-likeness (QED) is 0.291. The minimum atomic E-state index is 0.688. The average molecular weight is 414 g/mol. The number of benzene rings is 2. The summed E-state index contributed by atoms with van der Waals surface area (Å²) in [5.74, 6) is 1.66. The van der Waals surface area contributed by atoms with Crippen LogP contribution in [0.15, 0.2) is 30.3 Å². The molecule has 0 spiro atoms. The summed E-state index contributed by atoms with van der Waals surface area (Å²) in [7, 11) is 0. The van der Waals surface area contributed by atoms with Crippen LogP contribution in [0.1, 0.15) is 45.4 Å². The molecule has 0 atom stereocenters. The third-order valence-electron chi connectivity index (χ3n) is 3.94. The van der Waals surface area contributed by atoms with Crippen LogP contribution in [-0.4, -0.2) is 18.5 Å². The molecular formula is C20H26BrClO2. The van der Waals surface area contributed by atoms with Crippen molar-refractivity contribution in [1.29, 1.82) is 0 Å². The highest BCUT2D eigenvalue weighted by Gasteiger charge is 2.08. The number of ether oxygens (including phenoxy) is 2. The van der Waals surface area contributed by atoms with Crippen LogP contribution in [0.2, 0.25) is 5.02 Å². The molecule has 24 heavy (non-hydrogen) atoms. The number of unbranched alkanes of at least 4 members (excludes halogenated alkanes) is 4. The minimum Gasteiger partial charge on any atom is -0.494 e. The van der Waals surface area contributed by atoms with Crippen LogP contribution < -0.4 is 9.47 Å². The standard InChI is InChI=1S/C20H26BrClO2/c1-2-3-13-23-17-9-10-18-16(15-17)8-11-19(20(18)22)24-14-7-5-4-6-12-21/h8-11,15H,2-7,12-14H2,1H3. The third kappa shape index (κ3) is 5.86. The second-order valence-electron chi connectivity index (χ2n) is 5.91. The first-order chi connectivity index (χ1) is 11.8. The van der Waals surface area contributed by atoms with Gasteiger partial charge in [0.15, 0.2) is 0 Å². The van der Waals surface area contributed by atoms with Crippen molar-refractivity contribution in [2.45, 2.75) is 45.4 Å². The van der Waals surface area contributed by atoms with Crippen molar-refractivity contribution in [3.63, 3.8) is 0 Å². The Balaban J connectivity index is 1.95. The summed E-state index contributed by atoms with van der Waals surface area (Å²) in [4.78, 5) is 0. The van der Waals surface area contributed by atoms with Crippen molar-refractivity contribution in [2.75, 3.05) is 18.5 Å². The van der Waals surface area contributed by atoms with Gasteiger partial charge >= 0.3 is 0 Å². The Morgan fingerprint density at radius 1 is 0.917 bits per heavy atom. The molecule has 0 radical (unpaired) electrons. The third-order valence-corrected chi connectivity index (χ3v) is 4.89. The zero-order valence-electron chi connectivity index (χ0n) is 14.3. The fourth-order valence-electron chi connectivity index (χ4n) is 2.52. The van der Waals surface area contributed by atoms with Gasteiger partial charge in [-0.1, -0.05) is 59.8 Å². The lowest BCUT2D eigenvalue weighted by Gasteiger charge is -2.11. The molecule has 132 valence electrons. The summed E-state index contributed by atoms with van der Waals surface area (Å²) in [6, 6.07) is 10.0. The number of rotatable bonds is 11. The summed E-state index contributed by atoms with van der Waals surface area (Å²) in [6.45, 7) is 3.63. The highest BCUT2D eigenvalue weighted by atomic mass is 79.9. The van der Waals surface area contributed by atoms with E-state index in [0.717, 1.165) is 53.5 Å². The predicted molar refractivity (Wildman–Crippen MR) is 107 cm³/mol. The summed E-state index contributed by atoms with van der Waals surface area (Å²) in [5, 5.41) is 3.86. The van der Waals surface area contributed by atoms with E-state index >= 15 is 0 Å². The Bertz CT molecular complexity index is 630.